The molecule has 0 saturated carbocycles. The summed E-state index contributed by atoms with van der Waals surface area (Å²) in [6.45, 7) is 2.17. The van der Waals surface area contributed by atoms with E-state index in [0.717, 1.165) is 5.56 Å². The average molecular weight is 181 g/mol. The summed E-state index contributed by atoms with van der Waals surface area (Å²) < 4.78 is 4.87. The van der Waals surface area contributed by atoms with E-state index in [0.29, 0.717) is 5.56 Å². The fraction of sp³-hybridized carbons (Fsp3) is 0.333. The number of aryl methyl sites for hydroxylation is 1. The number of rotatable bonds is 3. The third kappa shape index (κ3) is 2.26. The van der Waals surface area contributed by atoms with Crippen LogP contribution in [0.5, 0.6) is 0 Å². The van der Waals surface area contributed by atoms with E-state index in [1.807, 2.05) is 6.92 Å². The zero-order valence-electron chi connectivity index (χ0n) is 7.61. The van der Waals surface area contributed by atoms with Gasteiger partial charge in [-0.05, 0) is 13.0 Å². The van der Waals surface area contributed by atoms with Gasteiger partial charge in [-0.15, -0.1) is 0 Å². The Morgan fingerprint density at radius 2 is 2.23 bits per heavy atom. The highest BCUT2D eigenvalue weighted by Crippen LogP contribution is 2.20. The SMILES string of the molecule is COCc1cc(C)ccc1[N+](=O)[O-]. The molecule has 0 fully saturated rings. The Morgan fingerprint density at radius 1 is 1.54 bits per heavy atom. The molecule has 0 aliphatic carbocycles. The fourth-order valence-electron chi connectivity index (χ4n) is 1.16. The van der Waals surface area contributed by atoms with Gasteiger partial charge in [-0.2, -0.15) is 0 Å². The lowest BCUT2D eigenvalue weighted by Gasteiger charge is -2.02. The summed E-state index contributed by atoms with van der Waals surface area (Å²) in [5.74, 6) is 0. The molecule has 0 saturated heterocycles. The summed E-state index contributed by atoms with van der Waals surface area (Å²) in [6, 6.07) is 4.99. The van der Waals surface area contributed by atoms with Gasteiger partial charge in [0, 0.05) is 13.2 Å². The van der Waals surface area contributed by atoms with E-state index < -0.39 is 4.92 Å². The van der Waals surface area contributed by atoms with Crippen LogP contribution in [-0.4, -0.2) is 12.0 Å². The van der Waals surface area contributed by atoms with Gasteiger partial charge in [0.1, 0.15) is 0 Å². The number of nitro groups is 1. The zero-order valence-corrected chi connectivity index (χ0v) is 7.61. The molecule has 0 radical (unpaired) electrons. The van der Waals surface area contributed by atoms with Gasteiger partial charge < -0.3 is 4.74 Å². The predicted octanol–water partition coefficient (Wildman–Crippen LogP) is 2.05. The molecule has 0 amide bonds. The highest BCUT2D eigenvalue weighted by atomic mass is 16.6. The first-order chi connectivity index (χ1) is 6.15. The molecule has 0 bridgehead atoms. The van der Waals surface area contributed by atoms with Gasteiger partial charge >= 0.3 is 0 Å². The van der Waals surface area contributed by atoms with Crippen molar-refractivity contribution in [1.29, 1.82) is 0 Å². The summed E-state index contributed by atoms with van der Waals surface area (Å²) in [5, 5.41) is 10.6. The van der Waals surface area contributed by atoms with Crippen molar-refractivity contribution < 1.29 is 9.66 Å². The standard InChI is InChI=1S/C9H11NO3/c1-7-3-4-9(10(11)12)8(5-7)6-13-2/h3-5H,6H2,1-2H3. The van der Waals surface area contributed by atoms with Crippen LogP contribution in [0.4, 0.5) is 5.69 Å². The molecule has 1 aromatic rings. The van der Waals surface area contributed by atoms with Gasteiger partial charge in [0.05, 0.1) is 17.1 Å². The van der Waals surface area contributed by atoms with E-state index >= 15 is 0 Å². The van der Waals surface area contributed by atoms with Crippen LogP contribution < -0.4 is 0 Å². The first-order valence-electron chi connectivity index (χ1n) is 3.88. The van der Waals surface area contributed by atoms with Crippen LogP contribution in [0, 0.1) is 17.0 Å². The van der Waals surface area contributed by atoms with Crippen molar-refractivity contribution in [2.45, 2.75) is 13.5 Å². The lowest BCUT2D eigenvalue weighted by molar-refractivity contribution is -0.385. The van der Waals surface area contributed by atoms with Crippen LogP contribution in [0.1, 0.15) is 11.1 Å². The molecule has 0 aliphatic rings. The van der Waals surface area contributed by atoms with E-state index in [-0.39, 0.29) is 12.3 Å². The summed E-state index contributed by atoms with van der Waals surface area (Å²) >= 11 is 0. The van der Waals surface area contributed by atoms with Crippen LogP contribution >= 0.6 is 0 Å². The molecule has 1 aromatic carbocycles. The number of hydrogen-bond donors (Lipinski definition) is 0. The van der Waals surface area contributed by atoms with E-state index in [9.17, 15) is 10.1 Å². The Labute approximate surface area is 76.3 Å². The van der Waals surface area contributed by atoms with Crippen LogP contribution in [0.25, 0.3) is 0 Å². The third-order valence-electron chi connectivity index (χ3n) is 1.73. The molecule has 0 N–H and O–H groups in total. The maximum absolute atomic E-state index is 10.6. The molecule has 0 heterocycles. The van der Waals surface area contributed by atoms with E-state index in [4.69, 9.17) is 4.74 Å². The van der Waals surface area contributed by atoms with Gasteiger partial charge in [0.25, 0.3) is 5.69 Å². The van der Waals surface area contributed by atoms with E-state index in [1.165, 1.54) is 13.2 Å². The van der Waals surface area contributed by atoms with E-state index in [2.05, 4.69) is 0 Å². The average Bonchev–Trinajstić information content (AvgIpc) is 2.04. The Morgan fingerprint density at radius 3 is 2.77 bits per heavy atom. The second-order valence-corrected chi connectivity index (χ2v) is 2.82. The van der Waals surface area contributed by atoms with Gasteiger partial charge in [0.2, 0.25) is 0 Å². The smallest absolute Gasteiger partial charge is 0.274 e. The maximum Gasteiger partial charge on any atom is 0.274 e. The first-order valence-corrected chi connectivity index (χ1v) is 3.88. The zero-order chi connectivity index (χ0) is 9.84. The Bertz CT molecular complexity index is 323. The van der Waals surface area contributed by atoms with Crippen molar-refractivity contribution in [2.24, 2.45) is 0 Å². The monoisotopic (exact) mass is 181 g/mol. The topological polar surface area (TPSA) is 52.4 Å². The second-order valence-electron chi connectivity index (χ2n) is 2.82. The molecule has 0 atom stereocenters. The highest BCUT2D eigenvalue weighted by Gasteiger charge is 2.12. The summed E-state index contributed by atoms with van der Waals surface area (Å²) in [5.41, 5.74) is 1.73. The number of nitro benzene ring substituents is 1. The molecule has 0 unspecified atom stereocenters. The molecule has 70 valence electrons. The number of benzene rings is 1. The normalized spacial score (nSPS) is 10.0. The Hall–Kier alpha value is -1.42. The molecule has 0 aliphatic heterocycles. The lowest BCUT2D eigenvalue weighted by atomic mass is 10.1. The minimum atomic E-state index is -0.395. The van der Waals surface area contributed by atoms with Gasteiger partial charge in [-0.1, -0.05) is 11.6 Å². The number of hydrogen-bond acceptors (Lipinski definition) is 3. The van der Waals surface area contributed by atoms with Gasteiger partial charge in [-0.3, -0.25) is 10.1 Å². The summed E-state index contributed by atoms with van der Waals surface area (Å²) in [6.07, 6.45) is 0. The van der Waals surface area contributed by atoms with Crippen molar-refractivity contribution >= 4 is 5.69 Å². The van der Waals surface area contributed by atoms with Crippen LogP contribution in [-0.2, 0) is 11.3 Å². The van der Waals surface area contributed by atoms with Crippen LogP contribution in [0.3, 0.4) is 0 Å². The van der Waals surface area contributed by atoms with E-state index in [1.54, 1.807) is 12.1 Å². The molecule has 4 nitrogen and oxygen atoms in total. The Balaban J connectivity index is 3.10. The third-order valence-corrected chi connectivity index (χ3v) is 1.73. The van der Waals surface area contributed by atoms with Crippen molar-refractivity contribution in [1.82, 2.24) is 0 Å². The minimum Gasteiger partial charge on any atom is -0.380 e. The quantitative estimate of drug-likeness (QED) is 0.529. The largest absolute Gasteiger partial charge is 0.380 e. The highest BCUT2D eigenvalue weighted by molar-refractivity contribution is 5.42. The molecule has 13 heavy (non-hydrogen) atoms. The van der Waals surface area contributed by atoms with Crippen molar-refractivity contribution in [3.63, 3.8) is 0 Å². The predicted molar refractivity (Wildman–Crippen MR) is 48.5 cm³/mol. The first kappa shape index (κ1) is 9.67. The summed E-state index contributed by atoms with van der Waals surface area (Å²) in [7, 11) is 1.52. The number of nitrogens with zero attached hydrogens (tertiary/aromatic N) is 1. The van der Waals surface area contributed by atoms with Crippen LogP contribution in [0.15, 0.2) is 18.2 Å². The molecule has 4 heteroatoms. The second kappa shape index (κ2) is 4.00. The fourth-order valence-corrected chi connectivity index (χ4v) is 1.16. The Kier molecular flexibility index (Phi) is 2.97. The van der Waals surface area contributed by atoms with Crippen LogP contribution in [0.2, 0.25) is 0 Å². The number of ether oxygens (including phenoxy) is 1. The molecule has 1 rings (SSSR count). The van der Waals surface area contributed by atoms with Crippen molar-refractivity contribution in [2.75, 3.05) is 7.11 Å². The van der Waals surface area contributed by atoms with Crippen molar-refractivity contribution in [3.8, 4) is 0 Å². The molecule has 0 spiro atoms. The molecular weight excluding hydrogens is 170 g/mol. The maximum atomic E-state index is 10.6. The molecular formula is C9H11NO3. The van der Waals surface area contributed by atoms with Gasteiger partial charge in [-0.25, -0.2) is 0 Å². The minimum absolute atomic E-state index is 0.118. The van der Waals surface area contributed by atoms with Gasteiger partial charge in [0.15, 0.2) is 0 Å². The summed E-state index contributed by atoms with van der Waals surface area (Å²) in [4.78, 5) is 10.2. The van der Waals surface area contributed by atoms with Crippen molar-refractivity contribution in [3.05, 3.63) is 39.4 Å². The number of methoxy groups -OCH3 is 1. The lowest BCUT2D eigenvalue weighted by Crippen LogP contribution is -1.97. The molecule has 0 aromatic heterocycles.